The smallest absolute Gasteiger partial charge is 0.0623 e. The van der Waals surface area contributed by atoms with Crippen LogP contribution in [0.4, 0.5) is 0 Å². The van der Waals surface area contributed by atoms with Gasteiger partial charge in [0.05, 0.1) is 5.41 Å². The lowest BCUT2D eigenvalue weighted by Crippen LogP contribution is -2.57. The highest BCUT2D eigenvalue weighted by atomic mass is 28.3. The summed E-state index contributed by atoms with van der Waals surface area (Å²) in [5.41, 5.74) is 32.1. The normalized spacial score (nSPS) is 15.7. The van der Waals surface area contributed by atoms with E-state index in [1.54, 1.807) is 43.0 Å². The van der Waals surface area contributed by atoms with E-state index in [0.717, 1.165) is 0 Å². The molecule has 6 aliphatic rings. The Balaban J connectivity index is 0.643. The van der Waals surface area contributed by atoms with E-state index in [1.807, 2.05) is 0 Å². The van der Waals surface area contributed by atoms with Crippen molar-refractivity contribution in [1.82, 2.24) is 0 Å². The van der Waals surface area contributed by atoms with Gasteiger partial charge < -0.3 is 0 Å². The first kappa shape index (κ1) is 47.2. The second-order valence-corrected chi connectivity index (χ2v) is 32.3. The monoisotopic (exact) mass is 1080 g/mol. The minimum absolute atomic E-state index is 0.449. The van der Waals surface area contributed by atoms with Crippen LogP contribution >= 0.6 is 0 Å². The van der Waals surface area contributed by atoms with Gasteiger partial charge in [-0.15, -0.1) is 0 Å². The van der Waals surface area contributed by atoms with Gasteiger partial charge in [0.2, 0.25) is 0 Å². The molecule has 2 heteroatoms. The predicted molar refractivity (Wildman–Crippen MR) is 353 cm³/mol. The SMILES string of the molecule is C(=Cc1ccc2c(c1)C1(c3ccccc3-c3ccccc31)c1cc(C=Cc3ccc(-c4ccc5c(c4)-c4ccccc4[Si]54Cc5ccccc5C4)cc3)ccc1-2)c1ccc(-c2ccc3c(c2)-c2ccccc2[Si]32Cc3ccccc3C2)cc1. The molecule has 2 aliphatic carbocycles. The molecule has 0 amide bonds. The van der Waals surface area contributed by atoms with Gasteiger partial charge in [-0.2, -0.15) is 0 Å². The van der Waals surface area contributed by atoms with Crippen molar-refractivity contribution >= 4 is 61.2 Å². The third kappa shape index (κ3) is 6.79. The molecule has 0 aromatic heterocycles. The lowest BCUT2D eigenvalue weighted by molar-refractivity contribution is 0.793. The fourth-order valence-electron chi connectivity index (χ4n) is 16.6. The van der Waals surface area contributed by atoms with Crippen LogP contribution < -0.4 is 20.7 Å². The molecule has 0 radical (unpaired) electrons. The topological polar surface area (TPSA) is 0 Å². The highest BCUT2D eigenvalue weighted by molar-refractivity contribution is 7.06. The zero-order valence-electron chi connectivity index (χ0n) is 46.0. The quantitative estimate of drug-likeness (QED) is 0.115. The fourth-order valence-corrected chi connectivity index (χ4v) is 27.5. The van der Waals surface area contributed by atoms with E-state index >= 15 is 0 Å². The van der Waals surface area contributed by atoms with Crippen molar-refractivity contribution in [2.75, 3.05) is 0 Å². The van der Waals surface area contributed by atoms with E-state index in [2.05, 4.69) is 291 Å². The average Bonchev–Trinajstić information content (AvgIpc) is 2.62. The minimum Gasteiger partial charge on any atom is -0.0623 e. The van der Waals surface area contributed by atoms with Gasteiger partial charge in [0.15, 0.2) is 0 Å². The van der Waals surface area contributed by atoms with Crippen LogP contribution in [0, 0.1) is 0 Å². The molecule has 0 N–H and O–H groups in total. The maximum Gasteiger partial charge on any atom is 0.128 e. The molecule has 18 rings (SSSR count). The molecule has 83 heavy (non-hydrogen) atoms. The standard InChI is InChI=1S/C81H56Si2/c1-2-14-62-50-82(49-61(62)13-1)77-23-11-7-19-69(77)71-47-59(39-43-79(71)82)57-35-29-53(30-36-57)25-27-55-33-41-67-68-42-34-56(46-76(68)81(75(67)45-55)73-21-9-5-17-65(73)66-18-6-10-22-74(66)81)28-26-54-31-37-58(38-32-54)60-40-44-80-72(48-60)70-20-8-12-24-78(70)83(80)51-63-15-3-4-16-64(63)52-83/h1-48H,49-52H2. The number of hydrogen-bond donors (Lipinski definition) is 0. The van der Waals surface area contributed by atoms with Gasteiger partial charge in [-0.3, -0.25) is 0 Å². The minimum atomic E-state index is -1.92. The van der Waals surface area contributed by atoms with Gasteiger partial charge in [-0.1, -0.05) is 267 Å². The molecule has 0 bridgehead atoms. The van der Waals surface area contributed by atoms with Crippen molar-refractivity contribution in [2.24, 2.45) is 0 Å². The number of rotatable bonds is 6. The molecule has 4 heterocycles. The summed E-state index contributed by atoms with van der Waals surface area (Å²) >= 11 is 0. The maximum atomic E-state index is 2.49. The molecule has 0 nitrogen and oxygen atoms in total. The summed E-state index contributed by atoms with van der Waals surface area (Å²) < 4.78 is 0. The van der Waals surface area contributed by atoms with Gasteiger partial charge in [-0.05, 0) is 203 Å². The third-order valence-corrected chi connectivity index (χ3v) is 30.1. The molecule has 4 aliphatic heterocycles. The fraction of sp³-hybridized carbons (Fsp3) is 0.0617. The predicted octanol–water partition coefficient (Wildman–Crippen LogP) is 16.5. The molecule has 0 unspecified atom stereocenters. The molecule has 12 aromatic rings. The second-order valence-electron chi connectivity index (χ2n) is 24.4. The zero-order chi connectivity index (χ0) is 54.4. The van der Waals surface area contributed by atoms with E-state index in [0.29, 0.717) is 0 Å². The van der Waals surface area contributed by atoms with Crippen molar-refractivity contribution in [1.29, 1.82) is 0 Å². The molecule has 3 spiro atoms. The van der Waals surface area contributed by atoms with E-state index in [4.69, 9.17) is 0 Å². The number of hydrogen-bond acceptors (Lipinski definition) is 0. The Hall–Kier alpha value is -9.45. The largest absolute Gasteiger partial charge is 0.128 e. The van der Waals surface area contributed by atoms with E-state index in [-0.39, 0.29) is 0 Å². The number of benzene rings is 12. The van der Waals surface area contributed by atoms with Gasteiger partial charge in [0.1, 0.15) is 16.1 Å². The van der Waals surface area contributed by atoms with Gasteiger partial charge in [-0.25, -0.2) is 0 Å². The highest BCUT2D eigenvalue weighted by Gasteiger charge is 2.53. The van der Waals surface area contributed by atoms with Crippen LogP contribution in [0.2, 0.25) is 0 Å². The van der Waals surface area contributed by atoms with E-state index in [9.17, 15) is 0 Å². The van der Waals surface area contributed by atoms with Crippen LogP contribution in [-0.2, 0) is 29.6 Å². The number of fused-ring (bicyclic) bond motifs is 22. The molecule has 0 saturated heterocycles. The molecule has 0 saturated carbocycles. The lowest BCUT2D eigenvalue weighted by atomic mass is 9.70. The highest BCUT2D eigenvalue weighted by Crippen LogP contribution is 2.63. The second kappa shape index (κ2) is 17.8. The first-order valence-corrected chi connectivity index (χ1v) is 34.5. The van der Waals surface area contributed by atoms with Crippen LogP contribution in [0.15, 0.2) is 267 Å². The summed E-state index contributed by atoms with van der Waals surface area (Å²) in [5.74, 6) is 0. The summed E-state index contributed by atoms with van der Waals surface area (Å²) in [6.07, 6.45) is 9.19. The van der Waals surface area contributed by atoms with Gasteiger partial charge >= 0.3 is 0 Å². The summed E-state index contributed by atoms with van der Waals surface area (Å²) in [7, 11) is -3.84. The molecule has 12 aromatic carbocycles. The molecule has 388 valence electrons. The molecule has 0 atom stereocenters. The summed E-state index contributed by atoms with van der Waals surface area (Å²) in [6, 6.07) is 107. The zero-order valence-corrected chi connectivity index (χ0v) is 48.0. The van der Waals surface area contributed by atoms with Crippen LogP contribution in [0.1, 0.15) is 66.8 Å². The Morgan fingerprint density at radius 3 is 0.964 bits per heavy atom. The van der Waals surface area contributed by atoms with Crippen molar-refractivity contribution in [2.45, 2.75) is 29.6 Å². The maximum absolute atomic E-state index is 2.49. The molecular weight excluding hydrogens is 1030 g/mol. The molecule has 0 fully saturated rings. The first-order chi connectivity index (χ1) is 41.0. The summed E-state index contributed by atoms with van der Waals surface area (Å²) in [6.45, 7) is 0. The van der Waals surface area contributed by atoms with Crippen molar-refractivity contribution < 1.29 is 0 Å². The van der Waals surface area contributed by atoms with Gasteiger partial charge in [0.25, 0.3) is 0 Å². The third-order valence-electron chi connectivity index (χ3n) is 20.3. The van der Waals surface area contributed by atoms with E-state index in [1.165, 1.54) is 135 Å². The van der Waals surface area contributed by atoms with Crippen LogP contribution in [-0.4, -0.2) is 16.1 Å². The van der Waals surface area contributed by atoms with E-state index < -0.39 is 21.6 Å². The Morgan fingerprint density at radius 1 is 0.229 bits per heavy atom. The van der Waals surface area contributed by atoms with Crippen LogP contribution in [0.3, 0.4) is 0 Å². The van der Waals surface area contributed by atoms with Crippen LogP contribution in [0.5, 0.6) is 0 Å². The van der Waals surface area contributed by atoms with Crippen molar-refractivity contribution in [3.8, 4) is 66.8 Å². The first-order valence-electron chi connectivity index (χ1n) is 29.7. The Morgan fingerprint density at radius 2 is 0.542 bits per heavy atom. The van der Waals surface area contributed by atoms with Crippen molar-refractivity contribution in [3.63, 3.8) is 0 Å². The Kier molecular flexibility index (Phi) is 10.1. The summed E-state index contributed by atoms with van der Waals surface area (Å²) in [5, 5.41) is 6.45. The summed E-state index contributed by atoms with van der Waals surface area (Å²) in [4.78, 5) is 0. The van der Waals surface area contributed by atoms with Gasteiger partial charge in [0, 0.05) is 0 Å². The van der Waals surface area contributed by atoms with Crippen molar-refractivity contribution in [3.05, 3.63) is 334 Å². The molecular formula is C81H56Si2. The average molecular weight is 1090 g/mol. The van der Waals surface area contributed by atoms with Crippen LogP contribution in [0.25, 0.3) is 91.1 Å². The Bertz CT molecular complexity index is 4440. The Labute approximate surface area is 488 Å². The lowest BCUT2D eigenvalue weighted by Gasteiger charge is -2.30.